The Morgan fingerprint density at radius 2 is 2.00 bits per heavy atom. The van der Waals surface area contributed by atoms with Gasteiger partial charge in [0, 0.05) is 12.0 Å². The lowest BCUT2D eigenvalue weighted by molar-refractivity contribution is -0.00619. The number of nitrogens with two attached hydrogens (primary N) is 1. The van der Waals surface area contributed by atoms with E-state index in [1.54, 1.807) is 0 Å². The first-order chi connectivity index (χ1) is 8.79. The number of hydrogen-bond acceptors (Lipinski definition) is 4. The van der Waals surface area contributed by atoms with Gasteiger partial charge in [0.1, 0.15) is 5.84 Å². The molecule has 1 aliphatic rings. The van der Waals surface area contributed by atoms with Crippen LogP contribution in [0, 0.1) is 11.3 Å². The van der Waals surface area contributed by atoms with Crippen molar-refractivity contribution in [3.8, 4) is 0 Å². The van der Waals surface area contributed by atoms with Crippen LogP contribution in [-0.2, 0) is 0 Å². The van der Waals surface area contributed by atoms with Gasteiger partial charge in [-0.3, -0.25) is 0 Å². The molecule has 0 aromatic carbocycles. The zero-order valence-electron chi connectivity index (χ0n) is 12.4. The fraction of sp³-hybridized carbons (Fsp3) is 0.929. The van der Waals surface area contributed by atoms with Crippen LogP contribution in [0.4, 0.5) is 0 Å². The molecule has 0 radical (unpaired) electrons. The van der Waals surface area contributed by atoms with E-state index < -0.39 is 5.60 Å². The molecule has 0 aliphatic heterocycles. The normalized spacial score (nSPS) is 29.5. The van der Waals surface area contributed by atoms with Crippen molar-refractivity contribution in [3.05, 3.63) is 0 Å². The van der Waals surface area contributed by atoms with E-state index in [0.717, 1.165) is 44.6 Å². The van der Waals surface area contributed by atoms with E-state index in [9.17, 15) is 5.11 Å². The maximum Gasteiger partial charge on any atom is 0.144 e. The lowest BCUT2D eigenvalue weighted by Crippen LogP contribution is -2.44. The van der Waals surface area contributed by atoms with Crippen molar-refractivity contribution >= 4 is 5.84 Å². The van der Waals surface area contributed by atoms with Gasteiger partial charge in [0.15, 0.2) is 0 Å². The standard InChI is InChI=1S/C14H29N3O2/c1-11-4-6-14(18,7-5-11)10-16-9-8-13(2,3)12(15)17-19/h11,16,18-19H,4-10H2,1-3H3,(H2,15,17). The van der Waals surface area contributed by atoms with E-state index in [-0.39, 0.29) is 11.3 Å². The Hall–Kier alpha value is -0.810. The topological polar surface area (TPSA) is 90.9 Å². The first-order valence-electron chi connectivity index (χ1n) is 7.20. The first kappa shape index (κ1) is 16.2. The highest BCUT2D eigenvalue weighted by Gasteiger charge is 2.31. The van der Waals surface area contributed by atoms with Crippen molar-refractivity contribution in [2.45, 2.75) is 58.5 Å². The second-order valence-corrected chi connectivity index (χ2v) is 6.70. The monoisotopic (exact) mass is 271 g/mol. The third-order valence-corrected chi connectivity index (χ3v) is 4.39. The molecule has 0 bridgehead atoms. The van der Waals surface area contributed by atoms with E-state index in [4.69, 9.17) is 10.9 Å². The lowest BCUT2D eigenvalue weighted by Gasteiger charge is -2.35. The smallest absolute Gasteiger partial charge is 0.144 e. The first-order valence-corrected chi connectivity index (χ1v) is 7.20. The summed E-state index contributed by atoms with van der Waals surface area (Å²) >= 11 is 0. The van der Waals surface area contributed by atoms with Crippen LogP contribution in [0.5, 0.6) is 0 Å². The number of oxime groups is 1. The summed E-state index contributed by atoms with van der Waals surface area (Å²) in [6.07, 6.45) is 4.74. The van der Waals surface area contributed by atoms with Crippen LogP contribution < -0.4 is 11.1 Å². The molecule has 0 aromatic heterocycles. The number of hydrogen-bond donors (Lipinski definition) is 4. The molecule has 0 heterocycles. The predicted molar refractivity (Wildman–Crippen MR) is 77.3 cm³/mol. The number of nitrogens with zero attached hydrogens (tertiary/aromatic N) is 1. The minimum Gasteiger partial charge on any atom is -0.409 e. The summed E-state index contributed by atoms with van der Waals surface area (Å²) in [5.41, 5.74) is 4.76. The number of amidine groups is 1. The zero-order chi connectivity index (χ0) is 14.5. The van der Waals surface area contributed by atoms with Crippen molar-refractivity contribution in [3.63, 3.8) is 0 Å². The van der Waals surface area contributed by atoms with Crippen LogP contribution in [0.2, 0.25) is 0 Å². The second kappa shape index (κ2) is 6.57. The molecule has 0 aromatic rings. The molecule has 0 atom stereocenters. The highest BCUT2D eigenvalue weighted by molar-refractivity contribution is 5.85. The van der Waals surface area contributed by atoms with Crippen LogP contribution in [0.3, 0.4) is 0 Å². The maximum absolute atomic E-state index is 10.4. The van der Waals surface area contributed by atoms with Crippen molar-refractivity contribution in [1.82, 2.24) is 5.32 Å². The third-order valence-electron chi connectivity index (χ3n) is 4.39. The highest BCUT2D eigenvalue weighted by atomic mass is 16.4. The van der Waals surface area contributed by atoms with Gasteiger partial charge in [0.05, 0.1) is 5.60 Å². The molecule has 112 valence electrons. The van der Waals surface area contributed by atoms with E-state index in [0.29, 0.717) is 6.54 Å². The van der Waals surface area contributed by atoms with Crippen molar-refractivity contribution in [2.24, 2.45) is 22.2 Å². The van der Waals surface area contributed by atoms with Crippen molar-refractivity contribution < 1.29 is 10.3 Å². The molecule has 1 fully saturated rings. The van der Waals surface area contributed by atoms with E-state index in [1.807, 2.05) is 13.8 Å². The average Bonchev–Trinajstić information content (AvgIpc) is 2.38. The largest absolute Gasteiger partial charge is 0.409 e. The van der Waals surface area contributed by atoms with Gasteiger partial charge in [-0.25, -0.2) is 0 Å². The zero-order valence-corrected chi connectivity index (χ0v) is 12.4. The van der Waals surface area contributed by atoms with Gasteiger partial charge in [-0.15, -0.1) is 0 Å². The summed E-state index contributed by atoms with van der Waals surface area (Å²) in [5.74, 6) is 0.985. The molecule has 5 nitrogen and oxygen atoms in total. The molecule has 5 N–H and O–H groups in total. The third kappa shape index (κ3) is 4.99. The second-order valence-electron chi connectivity index (χ2n) is 6.70. The maximum atomic E-state index is 10.4. The molecule has 1 rings (SSSR count). The van der Waals surface area contributed by atoms with E-state index >= 15 is 0 Å². The Labute approximate surface area is 116 Å². The Balaban J connectivity index is 2.27. The highest BCUT2D eigenvalue weighted by Crippen LogP contribution is 2.31. The van der Waals surface area contributed by atoms with Crippen LogP contribution in [-0.4, -0.2) is 34.8 Å². The van der Waals surface area contributed by atoms with Gasteiger partial charge >= 0.3 is 0 Å². The van der Waals surface area contributed by atoms with Gasteiger partial charge in [-0.05, 0) is 44.6 Å². The van der Waals surface area contributed by atoms with Crippen LogP contribution in [0.1, 0.15) is 52.9 Å². The number of aliphatic hydroxyl groups is 1. The Morgan fingerprint density at radius 3 is 2.53 bits per heavy atom. The summed E-state index contributed by atoms with van der Waals surface area (Å²) in [7, 11) is 0. The molecule has 0 amide bonds. The molecular formula is C14H29N3O2. The SMILES string of the molecule is CC1CCC(O)(CNCCC(C)(C)C(N)=NO)CC1. The van der Waals surface area contributed by atoms with Gasteiger partial charge in [0.25, 0.3) is 0 Å². The number of nitrogens with one attached hydrogen (secondary N) is 1. The van der Waals surface area contributed by atoms with Crippen LogP contribution >= 0.6 is 0 Å². The molecule has 0 unspecified atom stereocenters. The number of rotatable bonds is 6. The summed E-state index contributed by atoms with van der Waals surface area (Å²) in [5, 5.41) is 25.5. The van der Waals surface area contributed by atoms with Crippen molar-refractivity contribution in [2.75, 3.05) is 13.1 Å². The molecular weight excluding hydrogens is 242 g/mol. The van der Waals surface area contributed by atoms with Gasteiger partial charge in [-0.2, -0.15) is 0 Å². The Morgan fingerprint density at radius 1 is 1.42 bits per heavy atom. The molecule has 0 spiro atoms. The molecule has 19 heavy (non-hydrogen) atoms. The van der Waals surface area contributed by atoms with Crippen molar-refractivity contribution in [1.29, 1.82) is 0 Å². The Kier molecular flexibility index (Phi) is 5.62. The van der Waals surface area contributed by atoms with Crippen LogP contribution in [0.15, 0.2) is 5.16 Å². The van der Waals surface area contributed by atoms with E-state index in [2.05, 4.69) is 17.4 Å². The molecule has 5 heteroatoms. The molecule has 1 aliphatic carbocycles. The van der Waals surface area contributed by atoms with Crippen LogP contribution in [0.25, 0.3) is 0 Å². The minimum atomic E-state index is -0.548. The summed E-state index contributed by atoms with van der Waals surface area (Å²) < 4.78 is 0. The average molecular weight is 271 g/mol. The van der Waals surface area contributed by atoms with Gasteiger partial charge < -0.3 is 21.4 Å². The summed E-state index contributed by atoms with van der Waals surface area (Å²) in [6, 6.07) is 0. The van der Waals surface area contributed by atoms with Gasteiger partial charge in [-0.1, -0.05) is 25.9 Å². The van der Waals surface area contributed by atoms with Gasteiger partial charge in [0.2, 0.25) is 0 Å². The quantitative estimate of drug-likeness (QED) is 0.194. The fourth-order valence-electron chi connectivity index (χ4n) is 2.46. The fourth-order valence-corrected chi connectivity index (χ4v) is 2.46. The van der Waals surface area contributed by atoms with E-state index in [1.165, 1.54) is 0 Å². The molecule has 0 saturated heterocycles. The minimum absolute atomic E-state index is 0.250. The summed E-state index contributed by atoms with van der Waals surface area (Å²) in [4.78, 5) is 0. The lowest BCUT2D eigenvalue weighted by atomic mass is 9.79. The predicted octanol–water partition coefficient (Wildman–Crippen LogP) is 1.68. The molecule has 1 saturated carbocycles. The Bertz CT molecular complexity index is 308. The summed E-state index contributed by atoms with van der Waals surface area (Å²) in [6.45, 7) is 7.51.